The van der Waals surface area contributed by atoms with Crippen LogP contribution in [0.4, 0.5) is 14.5 Å². The molecule has 1 amide bonds. The average molecular weight is 445 g/mol. The number of hydrogen-bond donors (Lipinski definition) is 2. The first-order chi connectivity index (χ1) is 15.5. The summed E-state index contributed by atoms with van der Waals surface area (Å²) in [5.41, 5.74) is 2.61. The summed E-state index contributed by atoms with van der Waals surface area (Å²) in [7, 11) is 0. The Morgan fingerprint density at radius 1 is 1.25 bits per heavy atom. The predicted molar refractivity (Wildman–Crippen MR) is 115 cm³/mol. The molecule has 3 aromatic rings. The highest BCUT2D eigenvalue weighted by Gasteiger charge is 2.22. The van der Waals surface area contributed by atoms with E-state index < -0.39 is 6.61 Å². The molecule has 0 aliphatic carbocycles. The molecule has 0 unspecified atom stereocenters. The molecule has 0 atom stereocenters. The summed E-state index contributed by atoms with van der Waals surface area (Å²) in [6, 6.07) is 6.34. The van der Waals surface area contributed by atoms with Crippen molar-refractivity contribution in [1.29, 1.82) is 0 Å². The van der Waals surface area contributed by atoms with Gasteiger partial charge < -0.3 is 20.1 Å². The summed E-state index contributed by atoms with van der Waals surface area (Å²) in [6.07, 6.45) is 4.98. The number of nitrogens with one attached hydrogen (secondary N) is 2. The third-order valence-electron chi connectivity index (χ3n) is 5.38. The first kappa shape index (κ1) is 21.9. The Balaban J connectivity index is 1.53. The fourth-order valence-corrected chi connectivity index (χ4v) is 3.70. The van der Waals surface area contributed by atoms with E-state index in [0.29, 0.717) is 36.7 Å². The first-order valence-electron chi connectivity index (χ1n) is 10.6. The van der Waals surface area contributed by atoms with Gasteiger partial charge in [0, 0.05) is 38.5 Å². The van der Waals surface area contributed by atoms with Crippen LogP contribution in [0.25, 0.3) is 11.0 Å². The Bertz CT molecular complexity index is 1070. The summed E-state index contributed by atoms with van der Waals surface area (Å²) in [5.74, 6) is -0.216. The van der Waals surface area contributed by atoms with Crippen LogP contribution in [0.3, 0.4) is 0 Å². The zero-order valence-electron chi connectivity index (χ0n) is 17.7. The maximum atomic E-state index is 13.0. The topological polar surface area (TPSA) is 90.3 Å². The van der Waals surface area contributed by atoms with Gasteiger partial charge in [0.15, 0.2) is 5.65 Å². The van der Waals surface area contributed by atoms with Crippen molar-refractivity contribution >= 4 is 22.6 Å². The van der Waals surface area contributed by atoms with Crippen molar-refractivity contribution in [2.24, 2.45) is 0 Å². The van der Waals surface area contributed by atoms with Gasteiger partial charge in [0.2, 0.25) is 0 Å². The van der Waals surface area contributed by atoms with Gasteiger partial charge in [0.1, 0.15) is 5.75 Å². The summed E-state index contributed by atoms with van der Waals surface area (Å²) in [6.45, 7) is 1.36. The number of hydrogen-bond acceptors (Lipinski definition) is 6. The minimum atomic E-state index is -2.87. The molecule has 1 saturated heterocycles. The number of benzene rings is 1. The Labute approximate surface area is 183 Å². The van der Waals surface area contributed by atoms with E-state index in [1.807, 2.05) is 6.92 Å². The molecule has 10 heteroatoms. The fourth-order valence-electron chi connectivity index (χ4n) is 3.70. The molecule has 1 aliphatic heterocycles. The number of fused-ring (bicyclic) bond motifs is 1. The van der Waals surface area contributed by atoms with Gasteiger partial charge in [-0.05, 0) is 37.5 Å². The molecule has 0 radical (unpaired) electrons. The van der Waals surface area contributed by atoms with Gasteiger partial charge in [-0.3, -0.25) is 4.79 Å². The average Bonchev–Trinajstić information content (AvgIpc) is 3.22. The van der Waals surface area contributed by atoms with Crippen LogP contribution >= 0.6 is 0 Å². The Kier molecular flexibility index (Phi) is 6.79. The lowest BCUT2D eigenvalue weighted by Gasteiger charge is -2.25. The van der Waals surface area contributed by atoms with Crippen LogP contribution in [0.1, 0.15) is 35.7 Å². The second-order valence-corrected chi connectivity index (χ2v) is 7.48. The van der Waals surface area contributed by atoms with Gasteiger partial charge in [-0.1, -0.05) is 12.1 Å². The first-order valence-corrected chi connectivity index (χ1v) is 10.6. The minimum absolute atomic E-state index is 0.0700. The van der Waals surface area contributed by atoms with E-state index in [2.05, 4.69) is 25.5 Å². The van der Waals surface area contributed by atoms with E-state index in [4.69, 9.17) is 4.74 Å². The molecule has 4 rings (SSSR count). The van der Waals surface area contributed by atoms with Crippen LogP contribution in [0.15, 0.2) is 36.7 Å². The molecule has 1 aromatic carbocycles. The number of anilines is 1. The molecule has 1 aliphatic rings. The van der Waals surface area contributed by atoms with Crippen molar-refractivity contribution in [1.82, 2.24) is 20.1 Å². The van der Waals surface area contributed by atoms with Crippen molar-refractivity contribution in [3.05, 3.63) is 47.8 Å². The Morgan fingerprint density at radius 3 is 2.69 bits per heavy atom. The lowest BCUT2D eigenvalue weighted by molar-refractivity contribution is -0.0498. The molecule has 32 heavy (non-hydrogen) atoms. The number of carbonyl (C=O) groups excluding carboxylic acids is 1. The number of alkyl halides is 2. The normalized spacial score (nSPS) is 14.6. The summed E-state index contributed by atoms with van der Waals surface area (Å²) < 4.78 is 36.2. The molecule has 1 fully saturated rings. The third kappa shape index (κ3) is 4.96. The zero-order valence-corrected chi connectivity index (χ0v) is 17.7. The van der Waals surface area contributed by atoms with Crippen molar-refractivity contribution in [3.8, 4) is 5.75 Å². The molecule has 170 valence electrons. The van der Waals surface area contributed by atoms with Gasteiger partial charge in [0.25, 0.3) is 5.91 Å². The second kappa shape index (κ2) is 9.90. The quantitative estimate of drug-likeness (QED) is 0.551. The third-order valence-corrected chi connectivity index (χ3v) is 5.38. The standard InChI is InChI=1S/C22H25F2N5O3/c1-2-29-20-17(13-27-29)19(28-15-7-9-31-10-8-15)18(12-25-20)21(30)26-11-14-3-5-16(6-4-14)32-22(23)24/h3-6,12-13,15,22H,2,7-11H2,1H3,(H,25,28)(H,26,30). The van der Waals surface area contributed by atoms with E-state index in [-0.39, 0.29) is 24.2 Å². The van der Waals surface area contributed by atoms with Crippen molar-refractivity contribution < 1.29 is 23.0 Å². The summed E-state index contributed by atoms with van der Waals surface area (Å²) in [4.78, 5) is 17.5. The number of halogens is 2. The van der Waals surface area contributed by atoms with Crippen LogP contribution in [-0.4, -0.2) is 46.5 Å². The molecule has 0 bridgehead atoms. The van der Waals surface area contributed by atoms with Crippen LogP contribution in [0.2, 0.25) is 0 Å². The summed E-state index contributed by atoms with van der Waals surface area (Å²) >= 11 is 0. The largest absolute Gasteiger partial charge is 0.435 e. The molecule has 0 saturated carbocycles. The van der Waals surface area contributed by atoms with Gasteiger partial charge in [0.05, 0.1) is 22.8 Å². The lowest BCUT2D eigenvalue weighted by atomic mass is 10.1. The van der Waals surface area contributed by atoms with E-state index in [1.54, 1.807) is 29.2 Å². The Hall–Kier alpha value is -3.27. The van der Waals surface area contributed by atoms with Crippen molar-refractivity contribution in [2.45, 2.75) is 45.5 Å². The van der Waals surface area contributed by atoms with Crippen LogP contribution in [0.5, 0.6) is 5.75 Å². The van der Waals surface area contributed by atoms with E-state index in [9.17, 15) is 13.6 Å². The second-order valence-electron chi connectivity index (χ2n) is 7.48. The molecule has 2 N–H and O–H groups in total. The smallest absolute Gasteiger partial charge is 0.387 e. The lowest BCUT2D eigenvalue weighted by Crippen LogP contribution is -2.30. The number of amides is 1. The molecule has 8 nitrogen and oxygen atoms in total. The van der Waals surface area contributed by atoms with Crippen LogP contribution in [0, 0.1) is 0 Å². The molecular weight excluding hydrogens is 420 g/mol. The van der Waals surface area contributed by atoms with E-state index >= 15 is 0 Å². The number of pyridine rings is 1. The highest BCUT2D eigenvalue weighted by molar-refractivity contribution is 6.06. The minimum Gasteiger partial charge on any atom is -0.435 e. The number of carbonyl (C=O) groups is 1. The number of rotatable bonds is 8. The summed E-state index contributed by atoms with van der Waals surface area (Å²) in [5, 5.41) is 11.6. The van der Waals surface area contributed by atoms with Crippen molar-refractivity contribution in [2.75, 3.05) is 18.5 Å². The highest BCUT2D eigenvalue weighted by Crippen LogP contribution is 2.28. The number of aryl methyl sites for hydroxylation is 1. The molecular formula is C22H25F2N5O3. The SMILES string of the molecule is CCn1ncc2c(NC3CCOCC3)c(C(=O)NCc3ccc(OC(F)F)cc3)cnc21. The molecule has 2 aromatic heterocycles. The van der Waals surface area contributed by atoms with Gasteiger partial charge in [-0.15, -0.1) is 0 Å². The number of aromatic nitrogens is 3. The maximum Gasteiger partial charge on any atom is 0.387 e. The van der Waals surface area contributed by atoms with E-state index in [0.717, 1.165) is 23.8 Å². The van der Waals surface area contributed by atoms with Gasteiger partial charge in [-0.25, -0.2) is 9.67 Å². The molecule has 3 heterocycles. The monoisotopic (exact) mass is 445 g/mol. The molecule has 0 spiro atoms. The number of nitrogens with zero attached hydrogens (tertiary/aromatic N) is 3. The zero-order chi connectivity index (χ0) is 22.5. The maximum absolute atomic E-state index is 13.0. The predicted octanol–water partition coefficient (Wildman–Crippen LogP) is 3.57. The van der Waals surface area contributed by atoms with E-state index in [1.165, 1.54) is 12.1 Å². The fraction of sp³-hybridized carbons (Fsp3) is 0.409. The van der Waals surface area contributed by atoms with Crippen LogP contribution < -0.4 is 15.4 Å². The van der Waals surface area contributed by atoms with Gasteiger partial charge >= 0.3 is 6.61 Å². The van der Waals surface area contributed by atoms with Crippen molar-refractivity contribution in [3.63, 3.8) is 0 Å². The Morgan fingerprint density at radius 2 is 2.00 bits per heavy atom. The highest BCUT2D eigenvalue weighted by atomic mass is 19.3. The number of ether oxygens (including phenoxy) is 2. The van der Waals surface area contributed by atoms with Gasteiger partial charge in [-0.2, -0.15) is 13.9 Å². The van der Waals surface area contributed by atoms with Crippen LogP contribution in [-0.2, 0) is 17.8 Å².